The van der Waals surface area contributed by atoms with Gasteiger partial charge in [-0.2, -0.15) is 0 Å². The van der Waals surface area contributed by atoms with Gasteiger partial charge in [0.2, 0.25) is 15.9 Å². The normalized spacial score (nSPS) is 14.6. The van der Waals surface area contributed by atoms with Crippen molar-refractivity contribution in [2.45, 2.75) is 44.6 Å². The van der Waals surface area contributed by atoms with Gasteiger partial charge in [0.15, 0.2) is 0 Å². The van der Waals surface area contributed by atoms with Crippen LogP contribution in [0.2, 0.25) is 0 Å². The fourth-order valence-electron chi connectivity index (χ4n) is 1.81. The number of carbonyl (C=O) groups is 1. The van der Waals surface area contributed by atoms with Crippen LogP contribution in [0.4, 0.5) is 0 Å². The van der Waals surface area contributed by atoms with E-state index in [0.29, 0.717) is 17.9 Å². The second-order valence-corrected chi connectivity index (χ2v) is 6.69. The van der Waals surface area contributed by atoms with Gasteiger partial charge in [0, 0.05) is 6.42 Å². The Morgan fingerprint density at radius 1 is 1.35 bits per heavy atom. The molecule has 0 saturated carbocycles. The van der Waals surface area contributed by atoms with Crippen LogP contribution in [0, 0.1) is 5.92 Å². The van der Waals surface area contributed by atoms with E-state index in [-0.39, 0.29) is 16.8 Å². The third kappa shape index (κ3) is 4.94. The van der Waals surface area contributed by atoms with E-state index in [2.05, 4.69) is 5.32 Å². The van der Waals surface area contributed by atoms with Crippen molar-refractivity contribution in [2.24, 2.45) is 11.1 Å². The monoisotopic (exact) mass is 298 g/mol. The number of nitrogens with one attached hydrogen (secondary N) is 1. The molecule has 0 saturated heterocycles. The van der Waals surface area contributed by atoms with E-state index >= 15 is 0 Å². The predicted octanol–water partition coefficient (Wildman–Crippen LogP) is 1.95. The lowest BCUT2D eigenvalue weighted by atomic mass is 10.0. The standard InChI is InChI=1S/C14H22N2O3S/c1-4-10(2)8-14(17)16-11(3)12-6-5-7-13(9-12)20(15,18)19/h5-7,9-11H,4,8H2,1-3H3,(H,16,17)(H2,15,18,19). The second kappa shape index (κ2) is 6.85. The Bertz CT molecular complexity index is 570. The molecule has 2 atom stereocenters. The Labute approximate surface area is 120 Å². The molecule has 1 amide bonds. The highest BCUT2D eigenvalue weighted by Gasteiger charge is 2.14. The van der Waals surface area contributed by atoms with Gasteiger partial charge in [-0.15, -0.1) is 0 Å². The van der Waals surface area contributed by atoms with Crippen LogP contribution in [-0.2, 0) is 14.8 Å². The zero-order valence-electron chi connectivity index (χ0n) is 12.1. The molecule has 0 aromatic heterocycles. The van der Waals surface area contributed by atoms with Crippen LogP contribution in [0.5, 0.6) is 0 Å². The Kier molecular flexibility index (Phi) is 5.71. The topological polar surface area (TPSA) is 89.3 Å². The molecule has 0 radical (unpaired) electrons. The van der Waals surface area contributed by atoms with Gasteiger partial charge in [-0.3, -0.25) is 4.79 Å². The molecule has 0 aliphatic heterocycles. The van der Waals surface area contributed by atoms with Gasteiger partial charge < -0.3 is 5.32 Å². The molecule has 20 heavy (non-hydrogen) atoms. The highest BCUT2D eigenvalue weighted by atomic mass is 32.2. The van der Waals surface area contributed by atoms with Gasteiger partial charge >= 0.3 is 0 Å². The van der Waals surface area contributed by atoms with Crippen molar-refractivity contribution in [2.75, 3.05) is 0 Å². The molecule has 1 aromatic carbocycles. The number of rotatable bonds is 6. The summed E-state index contributed by atoms with van der Waals surface area (Å²) in [5.41, 5.74) is 0.717. The van der Waals surface area contributed by atoms with Crippen molar-refractivity contribution in [1.29, 1.82) is 0 Å². The first-order valence-corrected chi connectivity index (χ1v) is 8.20. The average molecular weight is 298 g/mol. The Hall–Kier alpha value is -1.40. The lowest BCUT2D eigenvalue weighted by molar-refractivity contribution is -0.122. The third-order valence-corrected chi connectivity index (χ3v) is 4.21. The van der Waals surface area contributed by atoms with Crippen molar-refractivity contribution >= 4 is 15.9 Å². The first-order chi connectivity index (χ1) is 9.24. The van der Waals surface area contributed by atoms with Crippen LogP contribution in [0.3, 0.4) is 0 Å². The largest absolute Gasteiger partial charge is 0.350 e. The molecular formula is C14H22N2O3S. The lowest BCUT2D eigenvalue weighted by Gasteiger charge is -2.16. The molecule has 112 valence electrons. The maximum atomic E-state index is 11.8. The van der Waals surface area contributed by atoms with Crippen LogP contribution in [-0.4, -0.2) is 14.3 Å². The summed E-state index contributed by atoms with van der Waals surface area (Å²) in [5.74, 6) is 0.297. The molecule has 0 aliphatic carbocycles. The van der Waals surface area contributed by atoms with Crippen LogP contribution in [0.25, 0.3) is 0 Å². The fraction of sp³-hybridized carbons (Fsp3) is 0.500. The molecule has 1 rings (SSSR count). The molecule has 3 N–H and O–H groups in total. The smallest absolute Gasteiger partial charge is 0.238 e. The number of amides is 1. The molecule has 5 nitrogen and oxygen atoms in total. The zero-order chi connectivity index (χ0) is 15.3. The van der Waals surface area contributed by atoms with Crippen molar-refractivity contribution in [3.63, 3.8) is 0 Å². The highest BCUT2D eigenvalue weighted by Crippen LogP contribution is 2.17. The number of primary sulfonamides is 1. The van der Waals surface area contributed by atoms with E-state index in [1.807, 2.05) is 20.8 Å². The van der Waals surface area contributed by atoms with E-state index < -0.39 is 10.0 Å². The van der Waals surface area contributed by atoms with Crippen molar-refractivity contribution in [1.82, 2.24) is 5.32 Å². The Morgan fingerprint density at radius 3 is 2.55 bits per heavy atom. The van der Waals surface area contributed by atoms with Gasteiger partial charge in [0.25, 0.3) is 0 Å². The molecule has 0 bridgehead atoms. The quantitative estimate of drug-likeness (QED) is 0.841. The number of hydrogen-bond acceptors (Lipinski definition) is 3. The summed E-state index contributed by atoms with van der Waals surface area (Å²) < 4.78 is 22.6. The summed E-state index contributed by atoms with van der Waals surface area (Å²) in [4.78, 5) is 11.9. The third-order valence-electron chi connectivity index (χ3n) is 3.29. The molecule has 1 aromatic rings. The van der Waals surface area contributed by atoms with Gasteiger partial charge in [-0.05, 0) is 30.5 Å². The van der Waals surface area contributed by atoms with Crippen LogP contribution < -0.4 is 10.5 Å². The van der Waals surface area contributed by atoms with Gasteiger partial charge in [0.05, 0.1) is 10.9 Å². The highest BCUT2D eigenvalue weighted by molar-refractivity contribution is 7.89. The number of nitrogens with two attached hydrogens (primary N) is 1. The van der Waals surface area contributed by atoms with Crippen molar-refractivity contribution in [3.05, 3.63) is 29.8 Å². The van der Waals surface area contributed by atoms with Crippen molar-refractivity contribution < 1.29 is 13.2 Å². The van der Waals surface area contributed by atoms with Gasteiger partial charge in [0.1, 0.15) is 0 Å². The Morgan fingerprint density at radius 2 is 2.00 bits per heavy atom. The minimum atomic E-state index is -3.72. The summed E-state index contributed by atoms with van der Waals surface area (Å²) in [5, 5.41) is 7.96. The van der Waals surface area contributed by atoms with Crippen LogP contribution in [0.15, 0.2) is 29.2 Å². The number of carbonyl (C=O) groups excluding carboxylic acids is 1. The van der Waals surface area contributed by atoms with E-state index in [0.717, 1.165) is 6.42 Å². The molecule has 0 fully saturated rings. The molecule has 2 unspecified atom stereocenters. The molecule has 0 heterocycles. The Balaban J connectivity index is 2.78. The fourth-order valence-corrected chi connectivity index (χ4v) is 2.37. The molecule has 0 spiro atoms. The zero-order valence-corrected chi connectivity index (χ0v) is 12.9. The first kappa shape index (κ1) is 16.7. The van der Waals surface area contributed by atoms with Gasteiger partial charge in [-0.25, -0.2) is 13.6 Å². The van der Waals surface area contributed by atoms with Crippen LogP contribution in [0.1, 0.15) is 45.2 Å². The first-order valence-electron chi connectivity index (χ1n) is 6.66. The minimum Gasteiger partial charge on any atom is -0.350 e. The number of hydrogen-bond donors (Lipinski definition) is 2. The molecule has 0 aliphatic rings. The lowest BCUT2D eigenvalue weighted by Crippen LogP contribution is -2.28. The maximum Gasteiger partial charge on any atom is 0.238 e. The maximum absolute atomic E-state index is 11.8. The minimum absolute atomic E-state index is 0.0344. The summed E-state index contributed by atoms with van der Waals surface area (Å²) >= 11 is 0. The van der Waals surface area contributed by atoms with E-state index in [1.165, 1.54) is 12.1 Å². The summed E-state index contributed by atoms with van der Waals surface area (Å²) in [7, 11) is -3.72. The van der Waals surface area contributed by atoms with E-state index in [4.69, 9.17) is 5.14 Å². The van der Waals surface area contributed by atoms with E-state index in [1.54, 1.807) is 12.1 Å². The predicted molar refractivity (Wildman–Crippen MR) is 78.4 cm³/mol. The summed E-state index contributed by atoms with van der Waals surface area (Å²) in [6.07, 6.45) is 1.42. The number of sulfonamides is 1. The average Bonchev–Trinajstić information content (AvgIpc) is 2.37. The second-order valence-electron chi connectivity index (χ2n) is 5.12. The molecule has 6 heteroatoms. The van der Waals surface area contributed by atoms with Crippen LogP contribution >= 0.6 is 0 Å². The summed E-state index contributed by atoms with van der Waals surface area (Å²) in [6.45, 7) is 5.87. The summed E-state index contributed by atoms with van der Waals surface area (Å²) in [6, 6.07) is 6.05. The number of benzene rings is 1. The van der Waals surface area contributed by atoms with Crippen molar-refractivity contribution in [3.8, 4) is 0 Å². The molecular weight excluding hydrogens is 276 g/mol. The van der Waals surface area contributed by atoms with Gasteiger partial charge in [-0.1, -0.05) is 32.4 Å². The SMILES string of the molecule is CCC(C)CC(=O)NC(C)c1cccc(S(N)(=O)=O)c1. The van der Waals surface area contributed by atoms with E-state index in [9.17, 15) is 13.2 Å².